The Labute approximate surface area is 115 Å². The van der Waals surface area contributed by atoms with Crippen LogP contribution in [-0.4, -0.2) is 40.7 Å². The van der Waals surface area contributed by atoms with E-state index < -0.39 is 17.4 Å². The number of aryl methyl sites for hydroxylation is 1. The largest absolute Gasteiger partial charge is 0.479 e. The zero-order valence-electron chi connectivity index (χ0n) is 10.8. The molecule has 0 aromatic carbocycles. The van der Waals surface area contributed by atoms with Gasteiger partial charge in [0.1, 0.15) is 11.8 Å². The summed E-state index contributed by atoms with van der Waals surface area (Å²) in [6.45, 7) is 1.83. The molecule has 7 nitrogen and oxygen atoms in total. The van der Waals surface area contributed by atoms with Crippen molar-refractivity contribution in [3.8, 4) is 6.07 Å². The summed E-state index contributed by atoms with van der Waals surface area (Å²) >= 11 is 0. The van der Waals surface area contributed by atoms with Crippen molar-refractivity contribution in [2.75, 3.05) is 13.2 Å². The van der Waals surface area contributed by atoms with Crippen molar-refractivity contribution in [2.45, 2.75) is 18.9 Å². The highest BCUT2D eigenvalue weighted by Gasteiger charge is 2.44. The van der Waals surface area contributed by atoms with Crippen molar-refractivity contribution < 1.29 is 19.4 Å². The number of rotatable bonds is 3. The van der Waals surface area contributed by atoms with Gasteiger partial charge in [-0.3, -0.25) is 4.79 Å². The molecule has 2 heterocycles. The van der Waals surface area contributed by atoms with E-state index in [0.29, 0.717) is 11.3 Å². The number of nitrogens with one attached hydrogen (secondary N) is 1. The average Bonchev–Trinajstić information content (AvgIpc) is 2.88. The molecule has 0 spiro atoms. The quantitative estimate of drug-likeness (QED) is 0.816. The minimum Gasteiger partial charge on any atom is -0.479 e. The van der Waals surface area contributed by atoms with Gasteiger partial charge in [-0.25, -0.2) is 9.78 Å². The maximum atomic E-state index is 12.1. The van der Waals surface area contributed by atoms with Gasteiger partial charge in [-0.1, -0.05) is 0 Å². The van der Waals surface area contributed by atoms with Gasteiger partial charge in [0.2, 0.25) is 0 Å². The Morgan fingerprint density at radius 1 is 1.55 bits per heavy atom. The first-order valence-electron chi connectivity index (χ1n) is 6.00. The molecule has 1 fully saturated rings. The summed E-state index contributed by atoms with van der Waals surface area (Å²) in [7, 11) is 0. The van der Waals surface area contributed by atoms with Crippen LogP contribution in [0.2, 0.25) is 0 Å². The van der Waals surface area contributed by atoms with Crippen LogP contribution in [-0.2, 0) is 9.53 Å². The molecule has 2 rings (SSSR count). The molecule has 0 bridgehead atoms. The Hall–Kier alpha value is -2.46. The number of carboxylic acid groups (broad SMARTS) is 1. The molecule has 2 N–H and O–H groups in total. The van der Waals surface area contributed by atoms with Crippen molar-refractivity contribution in [3.63, 3.8) is 0 Å². The van der Waals surface area contributed by atoms with Gasteiger partial charge in [-0.2, -0.15) is 5.26 Å². The van der Waals surface area contributed by atoms with E-state index in [0.717, 1.165) is 0 Å². The van der Waals surface area contributed by atoms with Gasteiger partial charge in [-0.05, 0) is 19.1 Å². The number of nitriles is 1. The average molecular weight is 275 g/mol. The smallest absolute Gasteiger partial charge is 0.331 e. The lowest BCUT2D eigenvalue weighted by molar-refractivity contribution is -0.144. The second kappa shape index (κ2) is 5.27. The fourth-order valence-corrected chi connectivity index (χ4v) is 1.97. The molecule has 1 aromatic rings. The summed E-state index contributed by atoms with van der Waals surface area (Å²) in [5.74, 6) is -1.72. The van der Waals surface area contributed by atoms with E-state index in [4.69, 9.17) is 10.00 Å². The van der Waals surface area contributed by atoms with Crippen molar-refractivity contribution in [1.29, 1.82) is 5.26 Å². The first-order valence-corrected chi connectivity index (χ1v) is 6.00. The first-order chi connectivity index (χ1) is 9.48. The van der Waals surface area contributed by atoms with Gasteiger partial charge in [-0.15, -0.1) is 0 Å². The van der Waals surface area contributed by atoms with E-state index >= 15 is 0 Å². The number of pyridine rings is 1. The molecule has 1 aliphatic rings. The standard InChI is InChI=1S/C13H13N3O4/c1-8-9(6-14)2-3-10(15-8)11(17)16-13(12(18)19)4-5-20-7-13/h2-3H,4-5,7H2,1H3,(H,16,17)(H,18,19). The molecule has 1 saturated heterocycles. The minimum atomic E-state index is -1.40. The summed E-state index contributed by atoms with van der Waals surface area (Å²) in [5.41, 5.74) is -0.527. The summed E-state index contributed by atoms with van der Waals surface area (Å²) in [4.78, 5) is 27.4. The number of hydrogen-bond acceptors (Lipinski definition) is 5. The summed E-state index contributed by atoms with van der Waals surface area (Å²) < 4.78 is 5.06. The fraction of sp³-hybridized carbons (Fsp3) is 0.385. The molecule has 1 aliphatic heterocycles. The maximum Gasteiger partial charge on any atom is 0.331 e. The predicted molar refractivity (Wildman–Crippen MR) is 67.0 cm³/mol. The Kier molecular flexibility index (Phi) is 3.68. The van der Waals surface area contributed by atoms with E-state index in [-0.39, 0.29) is 25.3 Å². The first kappa shape index (κ1) is 14.0. The Morgan fingerprint density at radius 2 is 2.30 bits per heavy atom. The van der Waals surface area contributed by atoms with Crippen LogP contribution in [0.3, 0.4) is 0 Å². The van der Waals surface area contributed by atoms with E-state index in [1.165, 1.54) is 12.1 Å². The number of carbonyl (C=O) groups excluding carboxylic acids is 1. The molecular formula is C13H13N3O4. The van der Waals surface area contributed by atoms with Crippen molar-refractivity contribution in [1.82, 2.24) is 10.3 Å². The zero-order valence-corrected chi connectivity index (χ0v) is 10.8. The summed E-state index contributed by atoms with van der Waals surface area (Å²) in [6.07, 6.45) is 0.212. The van der Waals surface area contributed by atoms with Gasteiger partial charge < -0.3 is 15.2 Å². The van der Waals surface area contributed by atoms with E-state index in [1.54, 1.807) is 6.92 Å². The number of hydrogen-bond donors (Lipinski definition) is 2. The van der Waals surface area contributed by atoms with Gasteiger partial charge in [0.15, 0.2) is 5.54 Å². The molecule has 0 aliphatic carbocycles. The van der Waals surface area contributed by atoms with Crippen LogP contribution in [0.4, 0.5) is 0 Å². The van der Waals surface area contributed by atoms with Crippen LogP contribution in [0.25, 0.3) is 0 Å². The van der Waals surface area contributed by atoms with E-state index in [9.17, 15) is 14.7 Å². The summed E-state index contributed by atoms with van der Waals surface area (Å²) in [6, 6.07) is 4.83. The molecule has 1 atom stereocenters. The molecule has 0 saturated carbocycles. The monoisotopic (exact) mass is 275 g/mol. The molecule has 7 heteroatoms. The van der Waals surface area contributed by atoms with Crippen LogP contribution < -0.4 is 5.32 Å². The maximum absolute atomic E-state index is 12.1. The highest BCUT2D eigenvalue weighted by atomic mass is 16.5. The Morgan fingerprint density at radius 3 is 2.80 bits per heavy atom. The molecule has 1 aromatic heterocycles. The van der Waals surface area contributed by atoms with Crippen molar-refractivity contribution >= 4 is 11.9 Å². The van der Waals surface area contributed by atoms with Gasteiger partial charge in [0, 0.05) is 13.0 Å². The van der Waals surface area contributed by atoms with Crippen LogP contribution in [0.1, 0.15) is 28.2 Å². The lowest BCUT2D eigenvalue weighted by Gasteiger charge is -2.23. The molecule has 20 heavy (non-hydrogen) atoms. The molecular weight excluding hydrogens is 262 g/mol. The lowest BCUT2D eigenvalue weighted by Crippen LogP contribution is -2.55. The molecule has 0 radical (unpaired) electrons. The van der Waals surface area contributed by atoms with Crippen LogP contribution in [0.5, 0.6) is 0 Å². The van der Waals surface area contributed by atoms with E-state index in [2.05, 4.69) is 10.3 Å². The third-order valence-electron chi connectivity index (χ3n) is 3.22. The zero-order chi connectivity index (χ0) is 14.8. The number of aliphatic carboxylic acids is 1. The van der Waals surface area contributed by atoms with Crippen molar-refractivity contribution in [3.05, 3.63) is 29.1 Å². The number of carboxylic acids is 1. The normalized spacial score (nSPS) is 21.2. The molecule has 1 amide bonds. The predicted octanol–water partition coefficient (Wildman–Crippen LogP) is 0.235. The van der Waals surface area contributed by atoms with Crippen molar-refractivity contribution in [2.24, 2.45) is 0 Å². The SMILES string of the molecule is Cc1nc(C(=O)NC2(C(=O)O)CCOC2)ccc1C#N. The van der Waals surface area contributed by atoms with Gasteiger partial charge in [0.25, 0.3) is 5.91 Å². The van der Waals surface area contributed by atoms with Gasteiger partial charge >= 0.3 is 5.97 Å². The number of amides is 1. The number of nitrogens with zero attached hydrogens (tertiary/aromatic N) is 2. The third-order valence-corrected chi connectivity index (χ3v) is 3.22. The molecule has 104 valence electrons. The number of carbonyl (C=O) groups is 2. The third kappa shape index (κ3) is 2.46. The highest BCUT2D eigenvalue weighted by Crippen LogP contribution is 2.19. The number of aromatic nitrogens is 1. The molecule has 1 unspecified atom stereocenters. The fourth-order valence-electron chi connectivity index (χ4n) is 1.97. The van der Waals surface area contributed by atoms with Gasteiger partial charge in [0.05, 0.1) is 17.9 Å². The van der Waals surface area contributed by atoms with Crippen LogP contribution in [0.15, 0.2) is 12.1 Å². The minimum absolute atomic E-state index is 0.0661. The van der Waals surface area contributed by atoms with Crippen LogP contribution in [0, 0.1) is 18.3 Å². The highest BCUT2D eigenvalue weighted by molar-refractivity contribution is 5.96. The second-order valence-corrected chi connectivity index (χ2v) is 4.59. The topological polar surface area (TPSA) is 112 Å². The Balaban J connectivity index is 2.22. The number of ether oxygens (including phenoxy) is 1. The lowest BCUT2D eigenvalue weighted by atomic mass is 9.99. The van der Waals surface area contributed by atoms with E-state index in [1.807, 2.05) is 6.07 Å². The summed E-state index contributed by atoms with van der Waals surface area (Å²) in [5, 5.41) is 20.5. The van der Waals surface area contributed by atoms with Crippen LogP contribution >= 0.6 is 0 Å². The second-order valence-electron chi connectivity index (χ2n) is 4.59. The Bertz CT molecular complexity index is 600.